The first-order chi connectivity index (χ1) is 9.70. The number of nitrogens with two attached hydrogens (primary N) is 1. The van der Waals surface area contributed by atoms with Crippen LogP contribution in [-0.2, 0) is 4.74 Å². The number of halogens is 1. The summed E-state index contributed by atoms with van der Waals surface area (Å²) in [6, 6.07) is 8.37. The van der Waals surface area contributed by atoms with Gasteiger partial charge >= 0.3 is 0 Å². The minimum absolute atomic E-state index is 0.121. The summed E-state index contributed by atoms with van der Waals surface area (Å²) in [7, 11) is 0. The summed E-state index contributed by atoms with van der Waals surface area (Å²) in [6.45, 7) is 2.72. The lowest BCUT2D eigenvalue weighted by Gasteiger charge is -2.42. The number of nitrogens with one attached hydrogen (secondary N) is 1. The maximum atomic E-state index is 6.09. The molecule has 20 heavy (non-hydrogen) atoms. The molecule has 1 aromatic heterocycles. The van der Waals surface area contributed by atoms with Crippen LogP contribution in [0.5, 0.6) is 0 Å². The number of pyridine rings is 1. The second kappa shape index (κ2) is 5.68. The highest BCUT2D eigenvalue weighted by Crippen LogP contribution is 2.31. The van der Waals surface area contributed by atoms with E-state index in [1.807, 2.05) is 31.3 Å². The van der Waals surface area contributed by atoms with Crippen LogP contribution in [0, 0.1) is 0 Å². The monoisotopic (exact) mass is 335 g/mol. The van der Waals surface area contributed by atoms with Crippen LogP contribution < -0.4 is 11.1 Å². The molecule has 1 aliphatic rings. The number of hydrogen-bond acceptors (Lipinski definition) is 4. The second-order valence-corrected chi connectivity index (χ2v) is 5.91. The molecule has 0 saturated heterocycles. The Morgan fingerprint density at radius 1 is 1.40 bits per heavy atom. The van der Waals surface area contributed by atoms with Crippen molar-refractivity contribution in [1.29, 1.82) is 0 Å². The van der Waals surface area contributed by atoms with Crippen molar-refractivity contribution in [3.8, 4) is 0 Å². The molecule has 0 radical (unpaired) electrons. The maximum Gasteiger partial charge on any atom is 0.134 e. The number of anilines is 1. The molecule has 3 unspecified atom stereocenters. The highest BCUT2D eigenvalue weighted by Gasteiger charge is 2.39. The number of fused-ring (bicyclic) bond motifs is 1. The highest BCUT2D eigenvalue weighted by molar-refractivity contribution is 9.10. The minimum atomic E-state index is 0.121. The number of aromatic nitrogens is 1. The summed E-state index contributed by atoms with van der Waals surface area (Å²) in [4.78, 5) is 4.46. The molecule has 5 heteroatoms. The van der Waals surface area contributed by atoms with Gasteiger partial charge in [-0.15, -0.1) is 0 Å². The summed E-state index contributed by atoms with van der Waals surface area (Å²) in [6.07, 6.45) is 2.90. The van der Waals surface area contributed by atoms with Crippen LogP contribution in [0.1, 0.15) is 13.3 Å². The van der Waals surface area contributed by atoms with Crippen molar-refractivity contribution >= 4 is 32.5 Å². The molecule has 1 heterocycles. The average Bonchev–Trinajstić information content (AvgIpc) is 2.45. The third-order valence-electron chi connectivity index (χ3n) is 3.80. The van der Waals surface area contributed by atoms with E-state index in [1.165, 1.54) is 0 Å². The van der Waals surface area contributed by atoms with Crippen LogP contribution >= 0.6 is 15.9 Å². The first-order valence-electron chi connectivity index (χ1n) is 6.87. The van der Waals surface area contributed by atoms with E-state index in [4.69, 9.17) is 10.5 Å². The van der Waals surface area contributed by atoms with Crippen LogP contribution in [0.4, 0.5) is 5.82 Å². The Kier molecular flexibility index (Phi) is 3.92. The molecular weight excluding hydrogens is 318 g/mol. The van der Waals surface area contributed by atoms with E-state index in [0.717, 1.165) is 27.5 Å². The first kappa shape index (κ1) is 13.8. The molecule has 106 valence electrons. The number of rotatable bonds is 4. The lowest BCUT2D eigenvalue weighted by molar-refractivity contribution is -0.0126. The fourth-order valence-electron chi connectivity index (χ4n) is 2.67. The molecule has 0 spiro atoms. The summed E-state index contributed by atoms with van der Waals surface area (Å²) in [5.74, 6) is 0.869. The van der Waals surface area contributed by atoms with Gasteiger partial charge in [-0.1, -0.05) is 28.1 Å². The third kappa shape index (κ3) is 2.41. The summed E-state index contributed by atoms with van der Waals surface area (Å²) < 4.78 is 6.76. The van der Waals surface area contributed by atoms with Gasteiger partial charge < -0.3 is 15.8 Å². The van der Waals surface area contributed by atoms with Gasteiger partial charge in [-0.25, -0.2) is 4.98 Å². The fraction of sp³-hybridized carbons (Fsp3) is 0.400. The molecule has 1 aromatic carbocycles. The van der Waals surface area contributed by atoms with Gasteiger partial charge in [0.2, 0.25) is 0 Å². The first-order valence-corrected chi connectivity index (χ1v) is 7.67. The van der Waals surface area contributed by atoms with E-state index in [9.17, 15) is 0 Å². The van der Waals surface area contributed by atoms with Gasteiger partial charge in [0.05, 0.1) is 12.1 Å². The van der Waals surface area contributed by atoms with Crippen molar-refractivity contribution in [3.63, 3.8) is 0 Å². The minimum Gasteiger partial charge on any atom is -0.376 e. The molecule has 1 aliphatic carbocycles. The summed E-state index contributed by atoms with van der Waals surface area (Å²) in [5, 5.41) is 5.69. The van der Waals surface area contributed by atoms with E-state index in [2.05, 4.69) is 32.3 Å². The van der Waals surface area contributed by atoms with Crippen molar-refractivity contribution in [2.45, 2.75) is 31.5 Å². The smallest absolute Gasteiger partial charge is 0.134 e. The Labute approximate surface area is 126 Å². The maximum absolute atomic E-state index is 6.09. The molecule has 4 nitrogen and oxygen atoms in total. The quantitative estimate of drug-likeness (QED) is 0.901. The van der Waals surface area contributed by atoms with Crippen LogP contribution in [0.3, 0.4) is 0 Å². The summed E-state index contributed by atoms with van der Waals surface area (Å²) >= 11 is 3.57. The van der Waals surface area contributed by atoms with E-state index in [-0.39, 0.29) is 18.2 Å². The Bertz CT molecular complexity index is 617. The zero-order valence-corrected chi connectivity index (χ0v) is 12.9. The Morgan fingerprint density at radius 3 is 3.00 bits per heavy atom. The predicted molar refractivity (Wildman–Crippen MR) is 84.9 cm³/mol. The third-order valence-corrected chi connectivity index (χ3v) is 4.49. The van der Waals surface area contributed by atoms with E-state index in [0.29, 0.717) is 6.61 Å². The highest BCUT2D eigenvalue weighted by atomic mass is 79.9. The van der Waals surface area contributed by atoms with Crippen LogP contribution in [0.15, 0.2) is 34.9 Å². The molecular formula is C15H18BrN3O. The number of hydrogen-bond donors (Lipinski definition) is 2. The SMILES string of the molecule is CCOC1CC(N)C1Nc1nccc2c(Br)cccc12. The van der Waals surface area contributed by atoms with Crippen molar-refractivity contribution < 1.29 is 4.74 Å². The van der Waals surface area contributed by atoms with Crippen LogP contribution in [-0.4, -0.2) is 29.8 Å². The molecule has 3 atom stereocenters. The van der Waals surface area contributed by atoms with Crippen molar-refractivity contribution in [3.05, 3.63) is 34.9 Å². The van der Waals surface area contributed by atoms with E-state index >= 15 is 0 Å². The van der Waals surface area contributed by atoms with Gasteiger partial charge in [-0.2, -0.15) is 0 Å². The lowest BCUT2D eigenvalue weighted by atomic mass is 9.83. The van der Waals surface area contributed by atoms with Gasteiger partial charge in [0, 0.05) is 34.1 Å². The van der Waals surface area contributed by atoms with Crippen LogP contribution in [0.25, 0.3) is 10.8 Å². The van der Waals surface area contributed by atoms with Crippen molar-refractivity contribution in [1.82, 2.24) is 4.98 Å². The van der Waals surface area contributed by atoms with Crippen molar-refractivity contribution in [2.75, 3.05) is 11.9 Å². The zero-order chi connectivity index (χ0) is 14.1. The average molecular weight is 336 g/mol. The molecule has 0 amide bonds. The van der Waals surface area contributed by atoms with Gasteiger partial charge in [0.25, 0.3) is 0 Å². The summed E-state index contributed by atoms with van der Waals surface area (Å²) in [5.41, 5.74) is 6.09. The standard InChI is InChI=1S/C15H18BrN3O/c1-2-20-13-8-12(17)14(13)19-15-10-4-3-5-11(16)9(10)6-7-18-15/h3-7,12-14H,2,8,17H2,1H3,(H,18,19). The second-order valence-electron chi connectivity index (χ2n) is 5.06. The van der Waals surface area contributed by atoms with Gasteiger partial charge in [-0.3, -0.25) is 0 Å². The van der Waals surface area contributed by atoms with Gasteiger partial charge in [-0.05, 0) is 25.5 Å². The largest absolute Gasteiger partial charge is 0.376 e. The number of benzene rings is 1. The van der Waals surface area contributed by atoms with E-state index < -0.39 is 0 Å². The van der Waals surface area contributed by atoms with Gasteiger partial charge in [0.15, 0.2) is 0 Å². The molecule has 1 saturated carbocycles. The molecule has 3 N–H and O–H groups in total. The zero-order valence-electron chi connectivity index (χ0n) is 11.3. The topological polar surface area (TPSA) is 60.2 Å². The Balaban J connectivity index is 1.89. The predicted octanol–water partition coefficient (Wildman–Crippen LogP) is 2.91. The molecule has 3 rings (SSSR count). The molecule has 2 aromatic rings. The lowest BCUT2D eigenvalue weighted by Crippen LogP contribution is -2.60. The van der Waals surface area contributed by atoms with Crippen LogP contribution in [0.2, 0.25) is 0 Å². The molecule has 1 fully saturated rings. The fourth-order valence-corrected chi connectivity index (χ4v) is 3.17. The Hall–Kier alpha value is -1.17. The molecule has 0 bridgehead atoms. The number of ether oxygens (including phenoxy) is 1. The van der Waals surface area contributed by atoms with E-state index in [1.54, 1.807) is 0 Å². The normalized spacial score (nSPS) is 25.4. The van der Waals surface area contributed by atoms with Crippen molar-refractivity contribution in [2.24, 2.45) is 5.73 Å². The van der Waals surface area contributed by atoms with Gasteiger partial charge in [0.1, 0.15) is 5.82 Å². The Morgan fingerprint density at radius 2 is 2.25 bits per heavy atom. The molecule has 0 aliphatic heterocycles. The number of nitrogens with zero attached hydrogens (tertiary/aromatic N) is 1.